The fraction of sp³-hybridized carbons (Fsp3) is 0.882. The molecule has 0 saturated carbocycles. The molecule has 16 heteroatoms. The van der Waals surface area contributed by atoms with Crippen molar-refractivity contribution < 1.29 is 52.8 Å². The number of aliphatic hydroxyl groups excluding tert-OH is 1. The van der Waals surface area contributed by atoms with E-state index < -0.39 is 42.7 Å². The molecule has 0 aliphatic rings. The number of Topliss-reactive ketones (excluding diaryl/α,β-unsaturated/α-hetero) is 2. The molecule has 0 aromatic rings. The largest absolute Gasteiger partial charge is 0.458 e. The highest BCUT2D eigenvalue weighted by Crippen LogP contribution is 2.16. The van der Waals surface area contributed by atoms with Gasteiger partial charge in [0.1, 0.15) is 24.5 Å². The van der Waals surface area contributed by atoms with Gasteiger partial charge in [-0.3, -0.25) is 24.0 Å². The molecule has 3 amide bonds. The maximum absolute atomic E-state index is 12.9. The van der Waals surface area contributed by atoms with Crippen molar-refractivity contribution in [1.29, 1.82) is 0 Å². The highest BCUT2D eigenvalue weighted by Gasteiger charge is 2.24. The number of thioether (sulfide) groups is 1. The first kappa shape index (κ1) is 64.2. The molecule has 392 valence electrons. The number of unbranched alkanes of at least 4 members (excludes halogenated alkanes) is 23. The number of hydrogen-bond acceptors (Lipinski definition) is 13. The number of carbonyl (C=O) groups excluding carboxylic acids is 6. The summed E-state index contributed by atoms with van der Waals surface area (Å²) in [6, 6.07) is -2.14. The summed E-state index contributed by atoms with van der Waals surface area (Å²) in [7, 11) is 0. The van der Waals surface area contributed by atoms with Gasteiger partial charge in [-0.05, 0) is 19.3 Å². The summed E-state index contributed by atoms with van der Waals surface area (Å²) in [4.78, 5) is 73.5. The van der Waals surface area contributed by atoms with Crippen LogP contribution in [0.1, 0.15) is 213 Å². The number of alkyl carbamates (subject to hydrolysis) is 1. The van der Waals surface area contributed by atoms with Crippen molar-refractivity contribution in [2.45, 2.75) is 231 Å². The van der Waals surface area contributed by atoms with E-state index >= 15 is 0 Å². The molecule has 0 aliphatic carbocycles. The number of hydrogen-bond donors (Lipinski definition) is 5. The van der Waals surface area contributed by atoms with Crippen LogP contribution in [0, 0.1) is 0 Å². The smallest absolute Gasteiger partial charge is 0.407 e. The Balaban J connectivity index is 4.67. The van der Waals surface area contributed by atoms with Crippen LogP contribution >= 0.6 is 11.8 Å². The van der Waals surface area contributed by atoms with Crippen LogP contribution in [0.25, 0.3) is 0 Å². The molecule has 67 heavy (non-hydrogen) atoms. The Kier molecular flexibility index (Phi) is 46.2. The van der Waals surface area contributed by atoms with E-state index in [1.165, 1.54) is 127 Å². The molecule has 0 spiro atoms. The summed E-state index contributed by atoms with van der Waals surface area (Å²) in [5, 5.41) is 15.2. The Morgan fingerprint density at radius 2 is 1.07 bits per heavy atom. The van der Waals surface area contributed by atoms with Crippen molar-refractivity contribution in [2.24, 2.45) is 11.5 Å². The normalized spacial score (nSPS) is 12.6. The average Bonchev–Trinajstić information content (AvgIpc) is 3.31. The first-order chi connectivity index (χ1) is 32.5. The van der Waals surface area contributed by atoms with Crippen LogP contribution in [0.5, 0.6) is 0 Å². The van der Waals surface area contributed by atoms with Crippen molar-refractivity contribution in [3.8, 4) is 0 Å². The van der Waals surface area contributed by atoms with Gasteiger partial charge in [0.2, 0.25) is 11.8 Å². The van der Waals surface area contributed by atoms with Crippen LogP contribution in [0.15, 0.2) is 0 Å². The summed E-state index contributed by atoms with van der Waals surface area (Å²) in [5.41, 5.74) is 11.2. The minimum atomic E-state index is -1.13. The van der Waals surface area contributed by atoms with E-state index in [-0.39, 0.29) is 94.2 Å². The van der Waals surface area contributed by atoms with E-state index in [9.17, 15) is 33.9 Å². The number of esters is 1. The lowest BCUT2D eigenvalue weighted by Crippen LogP contribution is -2.51. The molecule has 3 atom stereocenters. The number of carbonyl (C=O) groups is 6. The quantitative estimate of drug-likeness (QED) is 0.0283. The van der Waals surface area contributed by atoms with E-state index in [4.69, 9.17) is 30.4 Å². The van der Waals surface area contributed by atoms with Crippen LogP contribution in [0.2, 0.25) is 0 Å². The lowest BCUT2D eigenvalue weighted by atomic mass is 10.0. The van der Waals surface area contributed by atoms with Gasteiger partial charge in [-0.2, -0.15) is 11.8 Å². The van der Waals surface area contributed by atoms with Gasteiger partial charge in [-0.1, -0.05) is 162 Å². The van der Waals surface area contributed by atoms with Crippen LogP contribution in [-0.2, 0) is 42.9 Å². The minimum Gasteiger partial charge on any atom is -0.458 e. The third-order valence-electron chi connectivity index (χ3n) is 11.6. The van der Waals surface area contributed by atoms with Crippen LogP contribution in [0.3, 0.4) is 0 Å². The molecule has 0 aromatic carbocycles. The maximum Gasteiger partial charge on any atom is 0.407 e. The van der Waals surface area contributed by atoms with Crippen LogP contribution < -0.4 is 22.1 Å². The second kappa shape index (κ2) is 48.2. The molecule has 0 bridgehead atoms. The molecular formula is C51H96N4O11S. The zero-order valence-corrected chi connectivity index (χ0v) is 42.9. The summed E-state index contributed by atoms with van der Waals surface area (Å²) in [6.45, 7) is 5.24. The van der Waals surface area contributed by atoms with E-state index in [0.29, 0.717) is 13.0 Å². The Morgan fingerprint density at radius 1 is 0.567 bits per heavy atom. The van der Waals surface area contributed by atoms with Crippen molar-refractivity contribution in [1.82, 2.24) is 10.6 Å². The van der Waals surface area contributed by atoms with Crippen LogP contribution in [-0.4, -0.2) is 116 Å². The SMILES string of the molecule is CCCCCCCCCCCCCCCC(=O)O[C@H](COC(=O)NCCCCCCCCCCCCCC)CSC[C@H](N)C(=O)N[C@@H](CO)C(=O)CCCOCCOCCC(=O)CCC(N)=O. The number of ether oxygens (including phenoxy) is 4. The first-order valence-electron chi connectivity index (χ1n) is 26.4. The molecule has 15 nitrogen and oxygen atoms in total. The van der Waals surface area contributed by atoms with E-state index in [0.717, 1.165) is 44.9 Å². The number of aliphatic hydroxyl groups is 1. The highest BCUT2D eigenvalue weighted by atomic mass is 32.2. The van der Waals surface area contributed by atoms with E-state index in [2.05, 4.69) is 24.5 Å². The summed E-state index contributed by atoms with van der Waals surface area (Å²) in [5.74, 6) is -1.59. The summed E-state index contributed by atoms with van der Waals surface area (Å²) >= 11 is 1.27. The molecule has 0 heterocycles. The van der Waals surface area contributed by atoms with Crippen LogP contribution in [0.4, 0.5) is 4.79 Å². The molecule has 7 N–H and O–H groups in total. The second-order valence-corrected chi connectivity index (χ2v) is 19.0. The minimum absolute atomic E-state index is 0.0202. The molecule has 0 saturated heterocycles. The van der Waals surface area contributed by atoms with Crippen molar-refractivity contribution in [3.05, 3.63) is 0 Å². The number of primary amides is 1. The molecular weight excluding hydrogens is 877 g/mol. The van der Waals surface area contributed by atoms with Crippen molar-refractivity contribution in [2.75, 3.05) is 57.7 Å². The zero-order chi connectivity index (χ0) is 49.4. The summed E-state index contributed by atoms with van der Waals surface area (Å²) in [6.07, 6.45) is 30.1. The third-order valence-corrected chi connectivity index (χ3v) is 12.8. The van der Waals surface area contributed by atoms with Gasteiger partial charge in [-0.25, -0.2) is 4.79 Å². The molecule has 0 aromatic heterocycles. The lowest BCUT2D eigenvalue weighted by Gasteiger charge is -2.20. The van der Waals surface area contributed by atoms with E-state index in [1.807, 2.05) is 0 Å². The number of nitrogens with two attached hydrogens (primary N) is 2. The molecule has 0 aliphatic heterocycles. The number of amides is 3. The van der Waals surface area contributed by atoms with Gasteiger partial charge in [0.15, 0.2) is 5.78 Å². The maximum atomic E-state index is 12.9. The molecule has 0 rings (SSSR count). The lowest BCUT2D eigenvalue weighted by molar-refractivity contribution is -0.150. The molecule has 0 fully saturated rings. The van der Waals surface area contributed by atoms with Gasteiger partial charge in [-0.15, -0.1) is 0 Å². The average molecular weight is 973 g/mol. The van der Waals surface area contributed by atoms with Gasteiger partial charge in [0, 0.05) is 56.8 Å². The molecule has 0 unspecified atom stereocenters. The third kappa shape index (κ3) is 44.2. The Labute approximate surface area is 409 Å². The predicted octanol–water partition coefficient (Wildman–Crippen LogP) is 8.95. The first-order valence-corrected chi connectivity index (χ1v) is 27.5. The van der Waals surface area contributed by atoms with Gasteiger partial charge < -0.3 is 46.2 Å². The highest BCUT2D eigenvalue weighted by molar-refractivity contribution is 7.99. The second-order valence-electron chi connectivity index (χ2n) is 18.0. The van der Waals surface area contributed by atoms with E-state index in [1.54, 1.807) is 0 Å². The fourth-order valence-corrected chi connectivity index (χ4v) is 8.32. The zero-order valence-electron chi connectivity index (χ0n) is 42.1. The van der Waals surface area contributed by atoms with Gasteiger partial charge >= 0.3 is 12.1 Å². The Hall–Kier alpha value is -2.79. The monoisotopic (exact) mass is 973 g/mol. The van der Waals surface area contributed by atoms with Crippen molar-refractivity contribution >= 4 is 47.2 Å². The molecule has 0 radical (unpaired) electrons. The topological polar surface area (TPSA) is 236 Å². The fourth-order valence-electron chi connectivity index (χ4n) is 7.35. The number of rotatable bonds is 51. The standard InChI is InChI=1S/C51H96N4O11S/c1-3-5-7-9-11-13-15-17-18-20-22-24-26-30-49(60)66-44(40-65-51(62)54-34-27-25-23-21-19-16-14-12-10-8-6-4-2)41-67-42-45(52)50(61)55-46(39-56)47(58)29-28-35-63-37-38-64-36-33-43(57)31-32-48(53)59/h44-46,56H,3-42,52H2,1-2H3,(H2,53,59)(H,54,62)(H,55,61)/t44-,45+,46+/m1/s1. The number of ketones is 2. The number of nitrogens with one attached hydrogen (secondary N) is 2. The predicted molar refractivity (Wildman–Crippen MR) is 269 cm³/mol. The Morgan fingerprint density at radius 3 is 1.60 bits per heavy atom. The van der Waals surface area contributed by atoms with Gasteiger partial charge in [0.05, 0.1) is 32.5 Å². The Bertz CT molecular complexity index is 1250. The van der Waals surface area contributed by atoms with Gasteiger partial charge in [0.25, 0.3) is 0 Å². The van der Waals surface area contributed by atoms with Crippen molar-refractivity contribution in [3.63, 3.8) is 0 Å². The summed E-state index contributed by atoms with van der Waals surface area (Å²) < 4.78 is 22.1.